The summed E-state index contributed by atoms with van der Waals surface area (Å²) in [7, 11) is 3.17. The molecule has 0 aliphatic heterocycles. The third-order valence-corrected chi connectivity index (χ3v) is 4.16. The summed E-state index contributed by atoms with van der Waals surface area (Å²) < 4.78 is 12.2. The zero-order valence-electron chi connectivity index (χ0n) is 14.4. The number of methoxy groups -OCH3 is 2. The topological polar surface area (TPSA) is 117 Å². The number of rotatable bonds is 4. The molecule has 5 N–H and O–H groups in total. The van der Waals surface area contributed by atoms with Crippen LogP contribution < -0.4 is 20.9 Å². The fourth-order valence-electron chi connectivity index (χ4n) is 2.87. The lowest BCUT2D eigenvalue weighted by Gasteiger charge is -2.09. The highest BCUT2D eigenvalue weighted by Crippen LogP contribution is 2.34. The number of ether oxygens (including phenoxy) is 2. The Hall–Kier alpha value is -3.68. The van der Waals surface area contributed by atoms with Gasteiger partial charge in [0.1, 0.15) is 28.7 Å². The van der Waals surface area contributed by atoms with Gasteiger partial charge in [0.15, 0.2) is 5.82 Å². The number of anilines is 2. The molecule has 4 aromatic rings. The van der Waals surface area contributed by atoms with Crippen LogP contribution in [0.3, 0.4) is 0 Å². The standard InChI is InChI=1S/C18H18N6O2/c1-25-11-7-10(8-12(9-11)26-2)24-17(20)15(16(19)23-24)18-21-13-5-3-4-6-14(13)22-18/h3-9H,20H2,1-2H3,(H2,19,23)(H,21,22). The Bertz CT molecular complexity index is 1040. The van der Waals surface area contributed by atoms with Gasteiger partial charge in [-0.3, -0.25) is 0 Å². The number of hydrogen-bond donors (Lipinski definition) is 3. The molecule has 8 nitrogen and oxygen atoms in total. The molecular weight excluding hydrogens is 332 g/mol. The number of hydrogen-bond acceptors (Lipinski definition) is 6. The molecule has 4 rings (SSSR count). The molecule has 0 aliphatic rings. The lowest BCUT2D eigenvalue weighted by atomic mass is 10.2. The molecule has 0 aliphatic carbocycles. The fraction of sp³-hybridized carbons (Fsp3) is 0.111. The van der Waals surface area contributed by atoms with Gasteiger partial charge >= 0.3 is 0 Å². The van der Waals surface area contributed by atoms with Crippen LogP contribution in [0.1, 0.15) is 0 Å². The van der Waals surface area contributed by atoms with E-state index in [0.717, 1.165) is 11.0 Å². The van der Waals surface area contributed by atoms with E-state index in [4.69, 9.17) is 20.9 Å². The van der Waals surface area contributed by atoms with E-state index in [9.17, 15) is 0 Å². The first-order valence-corrected chi connectivity index (χ1v) is 7.93. The lowest BCUT2D eigenvalue weighted by molar-refractivity contribution is 0.394. The van der Waals surface area contributed by atoms with E-state index >= 15 is 0 Å². The lowest BCUT2D eigenvalue weighted by Crippen LogP contribution is -2.03. The van der Waals surface area contributed by atoms with Gasteiger partial charge in [-0.05, 0) is 12.1 Å². The third kappa shape index (κ3) is 2.48. The van der Waals surface area contributed by atoms with E-state index in [2.05, 4.69) is 15.1 Å². The van der Waals surface area contributed by atoms with Gasteiger partial charge in [-0.1, -0.05) is 12.1 Å². The molecule has 2 aromatic heterocycles. The van der Waals surface area contributed by atoms with Crippen molar-refractivity contribution in [3.05, 3.63) is 42.5 Å². The molecule has 0 saturated heterocycles. The van der Waals surface area contributed by atoms with Crippen molar-refractivity contribution in [3.8, 4) is 28.6 Å². The van der Waals surface area contributed by atoms with E-state index in [1.54, 1.807) is 37.1 Å². The van der Waals surface area contributed by atoms with Gasteiger partial charge in [-0.25, -0.2) is 9.67 Å². The molecule has 26 heavy (non-hydrogen) atoms. The number of aromatic nitrogens is 4. The van der Waals surface area contributed by atoms with Gasteiger partial charge in [0.05, 0.1) is 30.9 Å². The predicted octanol–water partition coefficient (Wildman–Crippen LogP) is 2.60. The van der Waals surface area contributed by atoms with Crippen molar-refractivity contribution in [2.75, 3.05) is 25.7 Å². The zero-order valence-corrected chi connectivity index (χ0v) is 14.4. The number of nitrogens with one attached hydrogen (secondary N) is 1. The Balaban J connectivity index is 1.87. The number of nitrogens with zero attached hydrogens (tertiary/aromatic N) is 3. The van der Waals surface area contributed by atoms with E-state index in [1.165, 1.54) is 0 Å². The second-order valence-electron chi connectivity index (χ2n) is 5.73. The molecule has 2 aromatic carbocycles. The largest absolute Gasteiger partial charge is 0.497 e. The second kappa shape index (κ2) is 5.99. The summed E-state index contributed by atoms with van der Waals surface area (Å²) in [6, 6.07) is 13.1. The first kappa shape index (κ1) is 15.8. The number of aromatic amines is 1. The number of imidazole rings is 1. The first-order chi connectivity index (χ1) is 12.6. The molecule has 8 heteroatoms. The maximum atomic E-state index is 6.35. The van der Waals surface area contributed by atoms with Crippen LogP contribution >= 0.6 is 0 Å². The minimum absolute atomic E-state index is 0.281. The molecule has 0 unspecified atom stereocenters. The van der Waals surface area contributed by atoms with Crippen LogP contribution in [-0.4, -0.2) is 34.0 Å². The average molecular weight is 350 g/mol. The van der Waals surface area contributed by atoms with Gasteiger partial charge in [0.25, 0.3) is 0 Å². The minimum atomic E-state index is 0.281. The summed E-state index contributed by atoms with van der Waals surface area (Å²) in [6.45, 7) is 0. The Morgan fingerprint density at radius 1 is 1.00 bits per heavy atom. The molecule has 0 radical (unpaired) electrons. The van der Waals surface area contributed by atoms with Crippen LogP contribution in [0, 0.1) is 0 Å². The van der Waals surface area contributed by atoms with Crippen LogP contribution in [0.15, 0.2) is 42.5 Å². The van der Waals surface area contributed by atoms with Crippen molar-refractivity contribution in [2.45, 2.75) is 0 Å². The van der Waals surface area contributed by atoms with Crippen LogP contribution in [0.5, 0.6) is 11.5 Å². The van der Waals surface area contributed by atoms with Gasteiger partial charge in [0, 0.05) is 18.2 Å². The van der Waals surface area contributed by atoms with Gasteiger partial charge in [0.2, 0.25) is 0 Å². The highest BCUT2D eigenvalue weighted by atomic mass is 16.5. The SMILES string of the molecule is COc1cc(OC)cc(-n2nc(N)c(-c3nc4ccccc4[nH]3)c2N)c1. The number of benzene rings is 2. The molecule has 0 fully saturated rings. The molecule has 0 amide bonds. The number of para-hydroxylation sites is 2. The maximum absolute atomic E-state index is 6.35. The number of nitrogens with two attached hydrogens (primary N) is 2. The molecule has 0 bridgehead atoms. The van der Waals surface area contributed by atoms with Crippen LogP contribution in [0.25, 0.3) is 28.1 Å². The van der Waals surface area contributed by atoms with E-state index in [1.807, 2.05) is 24.3 Å². The van der Waals surface area contributed by atoms with Crippen LogP contribution in [0.2, 0.25) is 0 Å². The Labute approximate surface area is 149 Å². The van der Waals surface area contributed by atoms with Gasteiger partial charge < -0.3 is 25.9 Å². The summed E-state index contributed by atoms with van der Waals surface area (Å²) in [5.41, 5.74) is 15.5. The van der Waals surface area contributed by atoms with Gasteiger partial charge in [-0.2, -0.15) is 0 Å². The Morgan fingerprint density at radius 3 is 2.35 bits per heavy atom. The van der Waals surface area contributed by atoms with E-state index < -0.39 is 0 Å². The Morgan fingerprint density at radius 2 is 1.69 bits per heavy atom. The Kier molecular flexibility index (Phi) is 3.65. The van der Waals surface area contributed by atoms with Crippen molar-refractivity contribution >= 4 is 22.7 Å². The first-order valence-electron chi connectivity index (χ1n) is 7.93. The van der Waals surface area contributed by atoms with Crippen molar-refractivity contribution in [1.82, 2.24) is 19.7 Å². The maximum Gasteiger partial charge on any atom is 0.159 e. The molecule has 132 valence electrons. The van der Waals surface area contributed by atoms with Crippen LogP contribution in [-0.2, 0) is 0 Å². The predicted molar refractivity (Wildman–Crippen MR) is 101 cm³/mol. The summed E-state index contributed by atoms with van der Waals surface area (Å²) in [5.74, 6) is 2.47. The van der Waals surface area contributed by atoms with E-state index in [0.29, 0.717) is 34.4 Å². The second-order valence-corrected chi connectivity index (χ2v) is 5.73. The molecular formula is C18H18N6O2. The smallest absolute Gasteiger partial charge is 0.159 e. The summed E-state index contributed by atoms with van der Waals surface area (Å²) in [4.78, 5) is 7.79. The number of nitrogen functional groups attached to an aromatic ring is 2. The minimum Gasteiger partial charge on any atom is -0.497 e. The summed E-state index contributed by atoms with van der Waals surface area (Å²) >= 11 is 0. The molecule has 0 spiro atoms. The van der Waals surface area contributed by atoms with Crippen molar-refractivity contribution in [2.24, 2.45) is 0 Å². The summed E-state index contributed by atoms with van der Waals surface area (Å²) in [5, 5.41) is 4.38. The molecule has 2 heterocycles. The van der Waals surface area contributed by atoms with Gasteiger partial charge in [-0.15, -0.1) is 5.10 Å². The zero-order chi connectivity index (χ0) is 18.3. The third-order valence-electron chi connectivity index (χ3n) is 4.16. The monoisotopic (exact) mass is 350 g/mol. The number of fused-ring (bicyclic) bond motifs is 1. The normalized spacial score (nSPS) is 11.0. The quantitative estimate of drug-likeness (QED) is 0.521. The van der Waals surface area contributed by atoms with Crippen molar-refractivity contribution < 1.29 is 9.47 Å². The molecule has 0 atom stereocenters. The average Bonchev–Trinajstić information content (AvgIpc) is 3.21. The highest BCUT2D eigenvalue weighted by Gasteiger charge is 2.20. The van der Waals surface area contributed by atoms with Crippen LogP contribution in [0.4, 0.5) is 11.6 Å². The van der Waals surface area contributed by atoms with Crippen molar-refractivity contribution in [1.29, 1.82) is 0 Å². The van der Waals surface area contributed by atoms with Crippen molar-refractivity contribution in [3.63, 3.8) is 0 Å². The van der Waals surface area contributed by atoms with E-state index in [-0.39, 0.29) is 5.82 Å². The molecule has 0 saturated carbocycles. The fourth-order valence-corrected chi connectivity index (χ4v) is 2.87. The summed E-state index contributed by atoms with van der Waals surface area (Å²) in [6.07, 6.45) is 0. The highest BCUT2D eigenvalue weighted by molar-refractivity contribution is 5.86. The number of H-pyrrole nitrogens is 1.